The molecule has 2 aromatic carbocycles. The number of hydrogen-bond donors (Lipinski definition) is 2. The molecule has 0 bridgehead atoms. The van der Waals surface area contributed by atoms with Crippen molar-refractivity contribution >= 4 is 11.6 Å². The van der Waals surface area contributed by atoms with Crippen LogP contribution in [0.5, 0.6) is 5.75 Å². The molecular weight excluding hydrogens is 254 g/mol. The smallest absolute Gasteiger partial charge is 0.265 e. The normalized spacial score (nSPS) is 20.4. The van der Waals surface area contributed by atoms with Gasteiger partial charge in [0.2, 0.25) is 0 Å². The molecule has 102 valence electrons. The van der Waals surface area contributed by atoms with Gasteiger partial charge in [0.25, 0.3) is 5.91 Å². The zero-order chi connectivity index (χ0) is 14.3. The van der Waals surface area contributed by atoms with Crippen LogP contribution in [0, 0.1) is 6.92 Å². The number of nitrogens with one attached hydrogen (secondary N) is 1. The van der Waals surface area contributed by atoms with Crippen LogP contribution in [0.15, 0.2) is 42.5 Å². The summed E-state index contributed by atoms with van der Waals surface area (Å²) in [5.41, 5.74) is 1.12. The van der Waals surface area contributed by atoms with Crippen LogP contribution in [0.4, 0.5) is 5.69 Å². The SMILES string of the molecule is COc1ccc([C@@]2(O)C(=O)Nc3ccc(C)cc32)cc1. The third-order valence-electron chi connectivity index (χ3n) is 3.65. The molecule has 4 heteroatoms. The van der Waals surface area contributed by atoms with E-state index in [0.717, 1.165) is 5.56 Å². The molecule has 2 aromatic rings. The lowest BCUT2D eigenvalue weighted by molar-refractivity contribution is -0.129. The highest BCUT2D eigenvalue weighted by Crippen LogP contribution is 2.41. The fourth-order valence-corrected chi connectivity index (χ4v) is 2.52. The number of carbonyl (C=O) groups is 1. The van der Waals surface area contributed by atoms with Crippen molar-refractivity contribution in [1.82, 2.24) is 0 Å². The van der Waals surface area contributed by atoms with Crippen molar-refractivity contribution in [2.24, 2.45) is 0 Å². The quantitative estimate of drug-likeness (QED) is 0.878. The van der Waals surface area contributed by atoms with Crippen LogP contribution in [0.3, 0.4) is 0 Å². The van der Waals surface area contributed by atoms with Gasteiger partial charge < -0.3 is 15.2 Å². The molecule has 0 aliphatic carbocycles. The molecule has 3 rings (SSSR count). The van der Waals surface area contributed by atoms with Crippen molar-refractivity contribution < 1.29 is 14.6 Å². The van der Waals surface area contributed by atoms with Gasteiger partial charge in [0, 0.05) is 11.3 Å². The van der Waals surface area contributed by atoms with E-state index in [1.54, 1.807) is 31.4 Å². The first-order chi connectivity index (χ1) is 9.55. The average molecular weight is 269 g/mol. The number of hydrogen-bond acceptors (Lipinski definition) is 3. The van der Waals surface area contributed by atoms with Crippen LogP contribution in [0.1, 0.15) is 16.7 Å². The number of fused-ring (bicyclic) bond motifs is 1. The molecule has 20 heavy (non-hydrogen) atoms. The maximum Gasteiger partial charge on any atom is 0.265 e. The van der Waals surface area contributed by atoms with E-state index in [0.29, 0.717) is 22.6 Å². The summed E-state index contributed by atoms with van der Waals surface area (Å²) < 4.78 is 5.10. The number of carbonyl (C=O) groups excluding carboxylic acids is 1. The number of aryl methyl sites for hydroxylation is 1. The van der Waals surface area contributed by atoms with Gasteiger partial charge in [0.1, 0.15) is 5.75 Å². The molecule has 0 saturated heterocycles. The molecule has 0 unspecified atom stereocenters. The number of rotatable bonds is 2. The minimum Gasteiger partial charge on any atom is -0.497 e. The van der Waals surface area contributed by atoms with E-state index in [2.05, 4.69) is 5.32 Å². The summed E-state index contributed by atoms with van der Waals surface area (Å²) in [6, 6.07) is 12.4. The second-order valence-electron chi connectivity index (χ2n) is 4.94. The number of aliphatic hydroxyl groups is 1. The number of amides is 1. The molecule has 0 fully saturated rings. The van der Waals surface area contributed by atoms with Crippen molar-refractivity contribution in [1.29, 1.82) is 0 Å². The summed E-state index contributed by atoms with van der Waals surface area (Å²) in [6.07, 6.45) is 0. The van der Waals surface area contributed by atoms with Gasteiger partial charge in [0.15, 0.2) is 5.60 Å². The Kier molecular flexibility index (Phi) is 2.76. The van der Waals surface area contributed by atoms with Gasteiger partial charge in [-0.3, -0.25) is 4.79 Å². The molecule has 4 nitrogen and oxygen atoms in total. The minimum atomic E-state index is -1.65. The van der Waals surface area contributed by atoms with Crippen LogP contribution in [0.2, 0.25) is 0 Å². The van der Waals surface area contributed by atoms with Gasteiger partial charge in [-0.1, -0.05) is 29.8 Å². The van der Waals surface area contributed by atoms with Gasteiger partial charge in [-0.05, 0) is 30.7 Å². The summed E-state index contributed by atoms with van der Waals surface area (Å²) in [6.45, 7) is 1.93. The lowest BCUT2D eigenvalue weighted by Crippen LogP contribution is -2.35. The Morgan fingerprint density at radius 3 is 2.50 bits per heavy atom. The predicted molar refractivity (Wildman–Crippen MR) is 75.8 cm³/mol. The summed E-state index contributed by atoms with van der Waals surface area (Å²) in [4.78, 5) is 12.2. The maximum atomic E-state index is 12.2. The zero-order valence-electron chi connectivity index (χ0n) is 11.3. The van der Waals surface area contributed by atoms with Gasteiger partial charge in [-0.2, -0.15) is 0 Å². The van der Waals surface area contributed by atoms with E-state index in [-0.39, 0.29) is 0 Å². The average Bonchev–Trinajstić information content (AvgIpc) is 2.72. The molecule has 1 amide bonds. The van der Waals surface area contributed by atoms with Crippen molar-refractivity contribution in [3.63, 3.8) is 0 Å². The Labute approximate surface area is 117 Å². The molecule has 1 atom stereocenters. The zero-order valence-corrected chi connectivity index (χ0v) is 11.3. The van der Waals surface area contributed by atoms with Crippen LogP contribution >= 0.6 is 0 Å². The number of benzene rings is 2. The standard InChI is InChI=1S/C16H15NO3/c1-10-3-8-14-13(9-10)16(19,15(18)17-14)11-4-6-12(20-2)7-5-11/h3-9,19H,1-2H3,(H,17,18)/t16-/m0/s1. The first kappa shape index (κ1) is 12.7. The molecule has 1 aliphatic rings. The van der Waals surface area contributed by atoms with E-state index in [9.17, 15) is 9.90 Å². The summed E-state index contributed by atoms with van der Waals surface area (Å²) in [7, 11) is 1.57. The highest BCUT2D eigenvalue weighted by atomic mass is 16.5. The van der Waals surface area contributed by atoms with Gasteiger partial charge in [-0.25, -0.2) is 0 Å². The van der Waals surface area contributed by atoms with Crippen molar-refractivity contribution in [2.75, 3.05) is 12.4 Å². The number of ether oxygens (including phenoxy) is 1. The second-order valence-corrected chi connectivity index (χ2v) is 4.94. The van der Waals surface area contributed by atoms with Gasteiger partial charge >= 0.3 is 0 Å². The monoisotopic (exact) mass is 269 g/mol. The fourth-order valence-electron chi connectivity index (χ4n) is 2.52. The predicted octanol–water partition coefficient (Wildman–Crippen LogP) is 2.19. The Morgan fingerprint density at radius 2 is 1.85 bits per heavy atom. The van der Waals surface area contributed by atoms with Gasteiger partial charge in [-0.15, -0.1) is 0 Å². The highest BCUT2D eigenvalue weighted by molar-refractivity contribution is 6.07. The minimum absolute atomic E-state index is 0.428. The number of anilines is 1. The molecule has 0 spiro atoms. The third kappa shape index (κ3) is 1.69. The van der Waals surface area contributed by atoms with E-state index in [1.807, 2.05) is 25.1 Å². The van der Waals surface area contributed by atoms with Crippen LogP contribution in [-0.2, 0) is 10.4 Å². The Bertz CT molecular complexity index is 679. The maximum absolute atomic E-state index is 12.2. The lowest BCUT2D eigenvalue weighted by atomic mass is 9.87. The van der Waals surface area contributed by atoms with Crippen molar-refractivity contribution in [3.8, 4) is 5.75 Å². The Balaban J connectivity index is 2.15. The fraction of sp³-hybridized carbons (Fsp3) is 0.188. The summed E-state index contributed by atoms with van der Waals surface area (Å²) in [5, 5.41) is 13.6. The lowest BCUT2D eigenvalue weighted by Gasteiger charge is -2.21. The van der Waals surface area contributed by atoms with E-state index >= 15 is 0 Å². The summed E-state index contributed by atoms with van der Waals surface area (Å²) >= 11 is 0. The van der Waals surface area contributed by atoms with Crippen molar-refractivity contribution in [3.05, 3.63) is 59.2 Å². The molecule has 1 aliphatic heterocycles. The topological polar surface area (TPSA) is 58.6 Å². The van der Waals surface area contributed by atoms with Crippen LogP contribution < -0.4 is 10.1 Å². The molecule has 1 heterocycles. The van der Waals surface area contributed by atoms with E-state index < -0.39 is 11.5 Å². The Hall–Kier alpha value is -2.33. The highest BCUT2D eigenvalue weighted by Gasteiger charge is 2.46. The van der Waals surface area contributed by atoms with Crippen LogP contribution in [-0.4, -0.2) is 18.1 Å². The first-order valence-corrected chi connectivity index (χ1v) is 6.35. The molecule has 0 radical (unpaired) electrons. The Morgan fingerprint density at radius 1 is 1.15 bits per heavy atom. The van der Waals surface area contributed by atoms with Gasteiger partial charge in [0.05, 0.1) is 7.11 Å². The molecular formula is C16H15NO3. The second kappa shape index (κ2) is 4.35. The third-order valence-corrected chi connectivity index (χ3v) is 3.65. The molecule has 0 aromatic heterocycles. The van der Waals surface area contributed by atoms with E-state index in [4.69, 9.17) is 4.74 Å². The van der Waals surface area contributed by atoms with E-state index in [1.165, 1.54) is 0 Å². The number of methoxy groups -OCH3 is 1. The largest absolute Gasteiger partial charge is 0.497 e. The molecule has 0 saturated carbocycles. The first-order valence-electron chi connectivity index (χ1n) is 6.35. The van der Waals surface area contributed by atoms with Crippen molar-refractivity contribution in [2.45, 2.75) is 12.5 Å². The van der Waals surface area contributed by atoms with Crippen LogP contribution in [0.25, 0.3) is 0 Å². The summed E-state index contributed by atoms with van der Waals surface area (Å²) in [5.74, 6) is 0.253. The molecule has 2 N–H and O–H groups in total.